The summed E-state index contributed by atoms with van der Waals surface area (Å²) < 4.78 is 23.3. The first-order valence-corrected chi connectivity index (χ1v) is 8.32. The summed E-state index contributed by atoms with van der Waals surface area (Å²) in [5.74, 6) is -2.01. The van der Waals surface area contributed by atoms with E-state index in [0.717, 1.165) is 11.6 Å². The van der Waals surface area contributed by atoms with E-state index in [1.807, 2.05) is 0 Å². The van der Waals surface area contributed by atoms with Crippen molar-refractivity contribution in [1.82, 2.24) is 5.32 Å². The van der Waals surface area contributed by atoms with Gasteiger partial charge in [0.15, 0.2) is 18.2 Å². The Morgan fingerprint density at radius 2 is 1.88 bits per heavy atom. The van der Waals surface area contributed by atoms with Gasteiger partial charge in [-0.2, -0.15) is 0 Å². The molecule has 0 radical (unpaired) electrons. The molecule has 138 valence electrons. The fraction of sp³-hybridized carbons (Fsp3) is 0.222. The number of hydrogen-bond acceptors (Lipinski definition) is 4. The molecule has 0 aliphatic carbocycles. The molecular weight excluding hydrogens is 384 g/mol. The fourth-order valence-electron chi connectivity index (χ4n) is 2.16. The van der Waals surface area contributed by atoms with Crippen LogP contribution in [-0.4, -0.2) is 25.6 Å². The van der Waals surface area contributed by atoms with Crippen molar-refractivity contribution in [3.8, 4) is 5.75 Å². The number of amides is 1. The molecule has 0 saturated heterocycles. The van der Waals surface area contributed by atoms with E-state index in [2.05, 4.69) is 5.32 Å². The van der Waals surface area contributed by atoms with Crippen molar-refractivity contribution in [3.63, 3.8) is 0 Å². The minimum absolute atomic E-state index is 0.00902. The molecule has 0 aromatic heterocycles. The molecule has 0 aliphatic heterocycles. The van der Waals surface area contributed by atoms with Gasteiger partial charge in [0, 0.05) is 0 Å². The topological polar surface area (TPSA) is 64.6 Å². The van der Waals surface area contributed by atoms with Gasteiger partial charge in [0.1, 0.15) is 0 Å². The van der Waals surface area contributed by atoms with Crippen LogP contribution < -0.4 is 10.1 Å². The van der Waals surface area contributed by atoms with Crippen molar-refractivity contribution in [1.29, 1.82) is 0 Å². The third-order valence-electron chi connectivity index (χ3n) is 3.54. The molecule has 0 aliphatic rings. The van der Waals surface area contributed by atoms with E-state index in [9.17, 15) is 14.0 Å². The number of carbonyl (C=O) groups excluding carboxylic acids is 2. The Hall–Kier alpha value is -2.31. The molecule has 0 unspecified atom stereocenters. The summed E-state index contributed by atoms with van der Waals surface area (Å²) in [6, 6.07) is 8.26. The second-order valence-corrected chi connectivity index (χ2v) is 6.20. The van der Waals surface area contributed by atoms with Gasteiger partial charge in [-0.25, -0.2) is 9.18 Å². The van der Waals surface area contributed by atoms with Gasteiger partial charge in [-0.1, -0.05) is 29.3 Å². The summed E-state index contributed by atoms with van der Waals surface area (Å²) in [5.41, 5.74) is 0.727. The molecule has 8 heteroatoms. The van der Waals surface area contributed by atoms with E-state index in [0.29, 0.717) is 10.0 Å². The Kier molecular flexibility index (Phi) is 6.83. The summed E-state index contributed by atoms with van der Waals surface area (Å²) in [7, 11) is 1.32. The highest BCUT2D eigenvalue weighted by molar-refractivity contribution is 6.42. The number of ether oxygens (including phenoxy) is 2. The number of esters is 1. The first kappa shape index (κ1) is 20.0. The van der Waals surface area contributed by atoms with E-state index in [-0.39, 0.29) is 17.4 Å². The highest BCUT2D eigenvalue weighted by Gasteiger charge is 2.15. The second kappa shape index (κ2) is 8.87. The van der Waals surface area contributed by atoms with E-state index in [1.54, 1.807) is 25.1 Å². The van der Waals surface area contributed by atoms with E-state index >= 15 is 0 Å². The SMILES string of the molecule is COc1ccc(C(=O)OCC(=O)N[C@@H](C)c2ccc(Cl)c(Cl)c2)cc1F. The van der Waals surface area contributed by atoms with Crippen LogP contribution in [0.25, 0.3) is 0 Å². The molecule has 0 spiro atoms. The number of methoxy groups -OCH3 is 1. The first-order valence-electron chi connectivity index (χ1n) is 7.56. The van der Waals surface area contributed by atoms with E-state index < -0.39 is 24.3 Å². The first-order chi connectivity index (χ1) is 12.3. The maximum absolute atomic E-state index is 13.6. The van der Waals surface area contributed by atoms with Gasteiger partial charge in [-0.3, -0.25) is 4.79 Å². The second-order valence-electron chi connectivity index (χ2n) is 5.39. The molecule has 2 aromatic carbocycles. The maximum atomic E-state index is 13.6. The normalized spacial score (nSPS) is 11.6. The molecule has 0 heterocycles. The highest BCUT2D eigenvalue weighted by Crippen LogP contribution is 2.25. The molecule has 1 amide bonds. The minimum Gasteiger partial charge on any atom is -0.494 e. The lowest BCUT2D eigenvalue weighted by atomic mass is 10.1. The molecule has 26 heavy (non-hydrogen) atoms. The molecule has 2 aromatic rings. The Balaban J connectivity index is 1.90. The summed E-state index contributed by atoms with van der Waals surface area (Å²) in [6.45, 7) is 1.25. The van der Waals surface area contributed by atoms with Crippen LogP contribution >= 0.6 is 23.2 Å². The molecular formula is C18H16Cl2FNO4. The third-order valence-corrected chi connectivity index (χ3v) is 4.28. The summed E-state index contributed by atoms with van der Waals surface area (Å²) >= 11 is 11.8. The van der Waals surface area contributed by atoms with Gasteiger partial charge in [0.25, 0.3) is 5.91 Å². The van der Waals surface area contributed by atoms with Crippen LogP contribution in [0, 0.1) is 5.82 Å². The lowest BCUT2D eigenvalue weighted by Gasteiger charge is -2.15. The van der Waals surface area contributed by atoms with E-state index in [1.165, 1.54) is 19.2 Å². The number of rotatable bonds is 6. The van der Waals surface area contributed by atoms with Gasteiger partial charge < -0.3 is 14.8 Å². The lowest BCUT2D eigenvalue weighted by molar-refractivity contribution is -0.124. The van der Waals surface area contributed by atoms with Crippen molar-refractivity contribution in [3.05, 3.63) is 63.4 Å². The monoisotopic (exact) mass is 399 g/mol. The van der Waals surface area contributed by atoms with Crippen molar-refractivity contribution in [2.24, 2.45) is 0 Å². The molecule has 0 bridgehead atoms. The van der Waals surface area contributed by atoms with Crippen LogP contribution in [0.2, 0.25) is 10.0 Å². The zero-order chi connectivity index (χ0) is 19.3. The Morgan fingerprint density at radius 1 is 1.15 bits per heavy atom. The van der Waals surface area contributed by atoms with Crippen molar-refractivity contribution < 1.29 is 23.5 Å². The molecule has 1 atom stereocenters. The smallest absolute Gasteiger partial charge is 0.338 e. The van der Waals surface area contributed by atoms with Gasteiger partial charge in [-0.05, 0) is 42.8 Å². The lowest BCUT2D eigenvalue weighted by Crippen LogP contribution is -2.31. The largest absolute Gasteiger partial charge is 0.494 e. The number of nitrogens with one attached hydrogen (secondary N) is 1. The molecule has 1 N–H and O–H groups in total. The third kappa shape index (κ3) is 5.09. The molecule has 0 fully saturated rings. The Labute approximate surface area is 160 Å². The van der Waals surface area contributed by atoms with Gasteiger partial charge in [-0.15, -0.1) is 0 Å². The van der Waals surface area contributed by atoms with Crippen molar-refractivity contribution in [2.45, 2.75) is 13.0 Å². The van der Waals surface area contributed by atoms with Gasteiger partial charge in [0.05, 0.1) is 28.8 Å². The molecule has 0 saturated carbocycles. The van der Waals surface area contributed by atoms with Crippen LogP contribution in [0.15, 0.2) is 36.4 Å². The van der Waals surface area contributed by atoms with Crippen LogP contribution in [0.5, 0.6) is 5.75 Å². The minimum atomic E-state index is -0.816. The van der Waals surface area contributed by atoms with Crippen molar-refractivity contribution >= 4 is 35.1 Å². The summed E-state index contributed by atoms with van der Waals surface area (Å²) in [5, 5.41) is 3.45. The van der Waals surface area contributed by atoms with Crippen LogP contribution in [0.1, 0.15) is 28.9 Å². The molecule has 2 rings (SSSR count). The van der Waals surface area contributed by atoms with Gasteiger partial charge >= 0.3 is 5.97 Å². The highest BCUT2D eigenvalue weighted by atomic mass is 35.5. The number of benzene rings is 2. The van der Waals surface area contributed by atoms with Crippen molar-refractivity contribution in [2.75, 3.05) is 13.7 Å². The van der Waals surface area contributed by atoms with Gasteiger partial charge in [0.2, 0.25) is 0 Å². The zero-order valence-electron chi connectivity index (χ0n) is 14.0. The standard InChI is InChI=1S/C18H16Cl2FNO4/c1-10(11-3-5-13(19)14(20)7-11)22-17(23)9-26-18(24)12-4-6-16(25-2)15(21)8-12/h3-8,10H,9H2,1-2H3,(H,22,23)/t10-/m0/s1. The average molecular weight is 400 g/mol. The van der Waals surface area contributed by atoms with Crippen LogP contribution in [0.4, 0.5) is 4.39 Å². The average Bonchev–Trinajstić information content (AvgIpc) is 2.61. The maximum Gasteiger partial charge on any atom is 0.338 e. The van der Waals surface area contributed by atoms with Crippen LogP contribution in [-0.2, 0) is 9.53 Å². The van der Waals surface area contributed by atoms with E-state index in [4.69, 9.17) is 32.7 Å². The quantitative estimate of drug-likeness (QED) is 0.740. The Bertz CT molecular complexity index is 829. The predicted octanol–water partition coefficient (Wildman–Crippen LogP) is 4.18. The Morgan fingerprint density at radius 3 is 2.50 bits per heavy atom. The number of carbonyl (C=O) groups is 2. The number of halogens is 3. The fourth-order valence-corrected chi connectivity index (χ4v) is 2.46. The number of hydrogen-bond donors (Lipinski definition) is 1. The molecule has 5 nitrogen and oxygen atoms in total. The summed E-state index contributed by atoms with van der Waals surface area (Å²) in [6.07, 6.45) is 0. The zero-order valence-corrected chi connectivity index (χ0v) is 15.5. The van der Waals surface area contributed by atoms with Crippen LogP contribution in [0.3, 0.4) is 0 Å². The summed E-state index contributed by atoms with van der Waals surface area (Å²) in [4.78, 5) is 23.8. The predicted molar refractivity (Wildman–Crippen MR) is 96.3 cm³/mol.